The van der Waals surface area contributed by atoms with E-state index in [0.717, 1.165) is 0 Å². The number of carbonyl (C=O) groups is 2. The number of allylic oxidation sites excluding steroid dienone is 1. The van der Waals surface area contributed by atoms with Gasteiger partial charge in [0, 0.05) is 31.3 Å². The first-order chi connectivity index (χ1) is 15.3. The number of nitrogens with one attached hydrogen (secondary N) is 2. The van der Waals surface area contributed by atoms with Crippen LogP contribution in [-0.2, 0) is 0 Å². The maximum Gasteiger partial charge on any atom is 0.253 e. The third-order valence-electron chi connectivity index (χ3n) is 5.70. The Morgan fingerprint density at radius 1 is 1.16 bits per heavy atom. The molecule has 4 rings (SSSR count). The third-order valence-corrected chi connectivity index (χ3v) is 5.98. The van der Waals surface area contributed by atoms with Crippen molar-refractivity contribution in [2.24, 2.45) is 0 Å². The highest BCUT2D eigenvalue weighted by atomic mass is 35.5. The molecule has 0 aliphatic carbocycles. The minimum Gasteiger partial charge on any atom is -0.382 e. The molecule has 2 fully saturated rings. The van der Waals surface area contributed by atoms with E-state index in [9.17, 15) is 9.59 Å². The molecule has 1 spiro atoms. The molecule has 2 aromatic rings. The van der Waals surface area contributed by atoms with Crippen LogP contribution < -0.4 is 22.1 Å². The lowest BCUT2D eigenvalue weighted by Crippen LogP contribution is -2.53. The molecule has 1 aromatic carbocycles. The fourth-order valence-electron chi connectivity index (χ4n) is 3.86. The Morgan fingerprint density at radius 3 is 2.50 bits per heavy atom. The van der Waals surface area contributed by atoms with Gasteiger partial charge < -0.3 is 27.0 Å². The Kier molecular flexibility index (Phi) is 5.59. The van der Waals surface area contributed by atoms with E-state index < -0.39 is 5.78 Å². The Morgan fingerprint density at radius 2 is 1.84 bits per heavy atom. The van der Waals surface area contributed by atoms with Gasteiger partial charge in [0.05, 0.1) is 17.2 Å². The summed E-state index contributed by atoms with van der Waals surface area (Å²) in [5, 5.41) is 15.4. The minimum atomic E-state index is -0.447. The van der Waals surface area contributed by atoms with Crippen molar-refractivity contribution in [3.8, 4) is 6.07 Å². The maximum absolute atomic E-state index is 12.8. The Labute approximate surface area is 189 Å². The summed E-state index contributed by atoms with van der Waals surface area (Å²) in [7, 11) is 0. The topological polar surface area (TPSA) is 163 Å². The molecule has 0 atom stereocenters. The number of benzene rings is 1. The van der Waals surface area contributed by atoms with Crippen molar-refractivity contribution in [3.63, 3.8) is 0 Å². The molecule has 0 radical (unpaired) electrons. The molecule has 2 saturated heterocycles. The molecule has 1 aromatic heterocycles. The molecule has 3 heterocycles. The van der Waals surface area contributed by atoms with E-state index in [-0.39, 0.29) is 33.9 Å². The van der Waals surface area contributed by atoms with Gasteiger partial charge in [-0.1, -0.05) is 11.6 Å². The minimum absolute atomic E-state index is 0.0354. The zero-order valence-electron chi connectivity index (χ0n) is 17.1. The lowest BCUT2D eigenvalue weighted by molar-refractivity contribution is 0.0667. The highest BCUT2D eigenvalue weighted by molar-refractivity contribution is 6.31. The van der Waals surface area contributed by atoms with Crippen molar-refractivity contribution in [1.82, 2.24) is 25.5 Å². The average Bonchev–Trinajstić information content (AvgIpc) is 3.18. The molecule has 11 heteroatoms. The normalized spacial score (nSPS) is 18.1. The number of nitrogens with zero attached hydrogens (tertiary/aromatic N) is 4. The van der Waals surface area contributed by atoms with E-state index in [0.29, 0.717) is 49.4 Å². The van der Waals surface area contributed by atoms with E-state index in [1.807, 2.05) is 6.07 Å². The van der Waals surface area contributed by atoms with Gasteiger partial charge in [-0.3, -0.25) is 9.59 Å². The lowest BCUT2D eigenvalue weighted by atomic mass is 9.88. The second-order valence-electron chi connectivity index (χ2n) is 7.80. The first-order valence-corrected chi connectivity index (χ1v) is 10.3. The van der Waals surface area contributed by atoms with Gasteiger partial charge in [-0.25, -0.2) is 9.97 Å². The van der Waals surface area contributed by atoms with Gasteiger partial charge in [0.15, 0.2) is 22.5 Å². The molecule has 6 N–H and O–H groups in total. The van der Waals surface area contributed by atoms with Crippen molar-refractivity contribution in [2.45, 2.75) is 18.4 Å². The largest absolute Gasteiger partial charge is 0.382 e. The average molecular weight is 453 g/mol. The molecular formula is C21H21ClN8O2. The van der Waals surface area contributed by atoms with Gasteiger partial charge in [-0.15, -0.1) is 0 Å². The fraction of sp³-hybridized carbons (Fsp3) is 0.286. The Bertz CT molecular complexity index is 1150. The molecule has 2 aliphatic rings. The van der Waals surface area contributed by atoms with Crippen molar-refractivity contribution < 1.29 is 9.59 Å². The van der Waals surface area contributed by atoms with Gasteiger partial charge in [0.2, 0.25) is 5.78 Å². The van der Waals surface area contributed by atoms with Gasteiger partial charge in [-0.05, 0) is 37.1 Å². The van der Waals surface area contributed by atoms with Crippen molar-refractivity contribution in [2.75, 3.05) is 31.1 Å². The molecule has 2 aliphatic heterocycles. The number of aromatic nitrogens is 2. The second kappa shape index (κ2) is 8.36. The smallest absolute Gasteiger partial charge is 0.253 e. The summed E-state index contributed by atoms with van der Waals surface area (Å²) >= 11 is 5.86. The van der Waals surface area contributed by atoms with Crippen LogP contribution in [0.25, 0.3) is 0 Å². The summed E-state index contributed by atoms with van der Waals surface area (Å²) in [6.45, 7) is 1.76. The number of halogens is 1. The van der Waals surface area contributed by atoms with E-state index in [1.54, 1.807) is 29.2 Å². The quantitative estimate of drug-likeness (QED) is 0.393. The molecule has 1 amide bonds. The zero-order chi connectivity index (χ0) is 22.9. The van der Waals surface area contributed by atoms with Crippen molar-refractivity contribution in [3.05, 3.63) is 58.1 Å². The van der Waals surface area contributed by atoms with E-state index >= 15 is 0 Å². The SMILES string of the molecule is N#Cc1ccc(C(=O)N2CCC3(CC2)CN/C(=C\C(=O)c2nc(Cl)c(N)nc2N)N3)cc1. The number of nitrogens with two attached hydrogens (primary N) is 2. The number of likely N-dealkylation sites (tertiary alicyclic amines) is 1. The summed E-state index contributed by atoms with van der Waals surface area (Å²) in [6, 6.07) is 8.67. The second-order valence-corrected chi connectivity index (χ2v) is 8.15. The van der Waals surface area contributed by atoms with Crippen LogP contribution in [0.4, 0.5) is 11.6 Å². The van der Waals surface area contributed by atoms with Gasteiger partial charge in [-0.2, -0.15) is 5.26 Å². The lowest BCUT2D eigenvalue weighted by Gasteiger charge is -2.38. The first-order valence-electron chi connectivity index (χ1n) is 9.96. The number of hydrogen-bond acceptors (Lipinski definition) is 9. The maximum atomic E-state index is 12.8. The number of nitriles is 1. The van der Waals surface area contributed by atoms with Crippen LogP contribution in [0.1, 0.15) is 39.3 Å². The standard InChI is InChI=1S/C21H21ClN8O2/c22-17-19(25)28-18(24)16(27-17)14(31)9-15-26-11-21(29-15)5-7-30(8-6-21)20(32)13-3-1-12(10-23)2-4-13/h1-4,9,26,29H,5-8,11H2,(H4,24,25,28)/b15-9+. The summed E-state index contributed by atoms with van der Waals surface area (Å²) in [4.78, 5) is 34.9. The van der Waals surface area contributed by atoms with Crippen LogP contribution in [0, 0.1) is 11.3 Å². The van der Waals surface area contributed by atoms with E-state index in [1.165, 1.54) is 6.08 Å². The number of piperidine rings is 1. The summed E-state index contributed by atoms with van der Waals surface area (Å²) in [5.41, 5.74) is 12.1. The van der Waals surface area contributed by atoms with Crippen LogP contribution in [0.15, 0.2) is 36.2 Å². The number of hydrogen-bond donors (Lipinski definition) is 4. The monoisotopic (exact) mass is 452 g/mol. The number of ketones is 1. The van der Waals surface area contributed by atoms with E-state index in [4.69, 9.17) is 28.3 Å². The molecule has 10 nitrogen and oxygen atoms in total. The molecule has 0 saturated carbocycles. The van der Waals surface area contributed by atoms with Crippen molar-refractivity contribution >= 4 is 34.9 Å². The molecular weight excluding hydrogens is 432 g/mol. The summed E-state index contributed by atoms with van der Waals surface area (Å²) < 4.78 is 0. The van der Waals surface area contributed by atoms with Crippen LogP contribution in [0.3, 0.4) is 0 Å². The van der Waals surface area contributed by atoms with Crippen LogP contribution >= 0.6 is 11.6 Å². The predicted octanol–water partition coefficient (Wildman–Crippen LogP) is 1.06. The summed E-state index contributed by atoms with van der Waals surface area (Å²) in [6.07, 6.45) is 2.79. The number of anilines is 2. The number of amides is 1. The Balaban J connectivity index is 1.39. The van der Waals surface area contributed by atoms with Crippen molar-refractivity contribution in [1.29, 1.82) is 5.26 Å². The molecule has 0 unspecified atom stereocenters. The number of nitrogen functional groups attached to an aromatic ring is 2. The van der Waals surface area contributed by atoms with Crippen LogP contribution in [-0.4, -0.2) is 51.7 Å². The molecule has 164 valence electrons. The van der Waals surface area contributed by atoms with Gasteiger partial charge >= 0.3 is 0 Å². The van der Waals surface area contributed by atoms with Crippen LogP contribution in [0.5, 0.6) is 0 Å². The molecule has 32 heavy (non-hydrogen) atoms. The zero-order valence-corrected chi connectivity index (χ0v) is 17.8. The molecule has 0 bridgehead atoms. The number of carbonyl (C=O) groups excluding carboxylic acids is 2. The third kappa shape index (κ3) is 4.15. The van der Waals surface area contributed by atoms with E-state index in [2.05, 4.69) is 20.6 Å². The predicted molar refractivity (Wildman–Crippen MR) is 118 cm³/mol. The highest BCUT2D eigenvalue weighted by Crippen LogP contribution is 2.28. The fourth-order valence-corrected chi connectivity index (χ4v) is 3.98. The Hall–Kier alpha value is -3.84. The summed E-state index contributed by atoms with van der Waals surface area (Å²) in [5.74, 6) is -0.0771. The highest BCUT2D eigenvalue weighted by Gasteiger charge is 2.40. The van der Waals surface area contributed by atoms with Gasteiger partial charge in [0.1, 0.15) is 5.82 Å². The first kappa shape index (κ1) is 21.4. The van der Waals surface area contributed by atoms with Gasteiger partial charge in [0.25, 0.3) is 5.91 Å². The van der Waals surface area contributed by atoms with Crippen LogP contribution in [0.2, 0.25) is 5.15 Å². The number of rotatable bonds is 3.